The maximum Gasteiger partial charge on any atom is 0.221 e. The van der Waals surface area contributed by atoms with E-state index in [1.165, 1.54) is 4.31 Å². The molecule has 0 bridgehead atoms. The van der Waals surface area contributed by atoms with Crippen LogP contribution in [0, 0.1) is 0 Å². The Morgan fingerprint density at radius 2 is 2.06 bits per heavy atom. The van der Waals surface area contributed by atoms with E-state index >= 15 is 0 Å². The summed E-state index contributed by atoms with van der Waals surface area (Å²) < 4.78 is 24.0. The molecule has 0 radical (unpaired) electrons. The van der Waals surface area contributed by atoms with Gasteiger partial charge in [-0.05, 0) is 6.42 Å². The molecule has 1 N–H and O–H groups in total. The molecule has 0 aromatic heterocycles. The van der Waals surface area contributed by atoms with Crippen molar-refractivity contribution < 1.29 is 13.2 Å². The number of nitrogens with one attached hydrogen (secondary N) is 1. The van der Waals surface area contributed by atoms with Crippen molar-refractivity contribution in [1.82, 2.24) is 9.62 Å². The molecule has 0 atom stereocenters. The zero-order valence-electron chi connectivity index (χ0n) is 9.90. The lowest BCUT2D eigenvalue weighted by Gasteiger charge is -2.18. The average Bonchev–Trinajstić information content (AvgIpc) is 2.19. The summed E-state index contributed by atoms with van der Waals surface area (Å²) in [4.78, 5) is 11.3. The average molecular weight is 248 g/mol. The molecule has 0 saturated carbocycles. The third-order valence-corrected chi connectivity index (χ3v) is 3.28. The van der Waals surface area contributed by atoms with Crippen LogP contribution < -0.4 is 5.32 Å². The molecule has 0 spiro atoms. The summed E-state index contributed by atoms with van der Waals surface area (Å²) in [6, 6.07) is 0. The molecule has 0 aromatic rings. The van der Waals surface area contributed by atoms with E-state index in [2.05, 4.69) is 11.9 Å². The number of amides is 1. The first-order valence-electron chi connectivity index (χ1n) is 5.24. The zero-order chi connectivity index (χ0) is 12.6. The second kappa shape index (κ2) is 7.40. The van der Waals surface area contributed by atoms with Crippen LogP contribution in [0.15, 0.2) is 12.7 Å². The summed E-state index contributed by atoms with van der Waals surface area (Å²) in [5, 5.41) is 2.60. The third-order valence-electron chi connectivity index (χ3n) is 1.97. The Bertz CT molecular complexity index is 325. The van der Waals surface area contributed by atoms with Crippen molar-refractivity contribution in [2.75, 3.05) is 25.9 Å². The highest BCUT2D eigenvalue weighted by molar-refractivity contribution is 7.88. The number of rotatable bonds is 8. The van der Waals surface area contributed by atoms with Crippen LogP contribution in [-0.4, -0.2) is 44.5 Å². The van der Waals surface area contributed by atoms with Gasteiger partial charge >= 0.3 is 0 Å². The molecule has 0 fully saturated rings. The first-order chi connectivity index (χ1) is 7.41. The van der Waals surface area contributed by atoms with Crippen LogP contribution in [0.3, 0.4) is 0 Å². The van der Waals surface area contributed by atoms with Gasteiger partial charge in [0.25, 0.3) is 0 Å². The Morgan fingerprint density at radius 1 is 1.44 bits per heavy atom. The van der Waals surface area contributed by atoms with E-state index in [9.17, 15) is 13.2 Å². The van der Waals surface area contributed by atoms with Gasteiger partial charge in [-0.15, -0.1) is 6.58 Å². The monoisotopic (exact) mass is 248 g/mol. The molecular weight excluding hydrogens is 228 g/mol. The Kier molecular flexibility index (Phi) is 7.00. The van der Waals surface area contributed by atoms with Crippen molar-refractivity contribution in [3.8, 4) is 0 Å². The fourth-order valence-electron chi connectivity index (χ4n) is 1.19. The first kappa shape index (κ1) is 15.1. The van der Waals surface area contributed by atoms with E-state index < -0.39 is 10.0 Å². The van der Waals surface area contributed by atoms with Crippen LogP contribution in [0.25, 0.3) is 0 Å². The molecular formula is C10H20N2O3S. The largest absolute Gasteiger partial charge is 0.353 e. The Labute approximate surface area is 97.6 Å². The number of hydrogen-bond donors (Lipinski definition) is 1. The van der Waals surface area contributed by atoms with Crippen molar-refractivity contribution in [1.29, 1.82) is 0 Å². The fourth-order valence-corrected chi connectivity index (χ4v) is 2.13. The van der Waals surface area contributed by atoms with Crippen LogP contribution in [0.1, 0.15) is 19.8 Å². The number of carbonyl (C=O) groups is 1. The molecule has 0 unspecified atom stereocenters. The molecule has 0 aliphatic heterocycles. The lowest BCUT2D eigenvalue weighted by atomic mass is 10.3. The second-order valence-electron chi connectivity index (χ2n) is 3.50. The molecule has 6 heteroatoms. The van der Waals surface area contributed by atoms with Gasteiger partial charge in [0.05, 0.1) is 6.26 Å². The smallest absolute Gasteiger partial charge is 0.221 e. The normalized spacial score (nSPS) is 11.4. The lowest BCUT2D eigenvalue weighted by molar-refractivity contribution is -0.120. The van der Waals surface area contributed by atoms with Crippen LogP contribution in [0.5, 0.6) is 0 Å². The molecule has 0 aliphatic carbocycles. The molecule has 0 saturated heterocycles. The molecule has 16 heavy (non-hydrogen) atoms. The Balaban J connectivity index is 4.12. The van der Waals surface area contributed by atoms with E-state index in [1.54, 1.807) is 6.08 Å². The molecule has 0 rings (SSSR count). The van der Waals surface area contributed by atoms with Gasteiger partial charge in [0.15, 0.2) is 0 Å². The Morgan fingerprint density at radius 3 is 2.50 bits per heavy atom. The second-order valence-corrected chi connectivity index (χ2v) is 5.49. The molecule has 5 nitrogen and oxygen atoms in total. The minimum absolute atomic E-state index is 0.162. The number of carbonyl (C=O) groups excluding carboxylic acids is 1. The van der Waals surface area contributed by atoms with E-state index in [0.29, 0.717) is 13.1 Å². The summed E-state index contributed by atoms with van der Waals surface area (Å²) in [6.45, 7) is 6.47. The summed E-state index contributed by atoms with van der Waals surface area (Å²) in [5.41, 5.74) is 0. The van der Waals surface area contributed by atoms with E-state index in [-0.39, 0.29) is 18.9 Å². The maximum atomic E-state index is 11.3. The van der Waals surface area contributed by atoms with E-state index in [4.69, 9.17) is 0 Å². The predicted molar refractivity (Wildman–Crippen MR) is 64.5 cm³/mol. The van der Waals surface area contributed by atoms with Gasteiger partial charge in [0, 0.05) is 26.1 Å². The van der Waals surface area contributed by atoms with Gasteiger partial charge in [0.2, 0.25) is 15.9 Å². The summed E-state index contributed by atoms with van der Waals surface area (Å²) in [5.74, 6) is -0.162. The van der Waals surface area contributed by atoms with Crippen molar-refractivity contribution in [2.24, 2.45) is 0 Å². The van der Waals surface area contributed by atoms with Crippen LogP contribution in [-0.2, 0) is 14.8 Å². The van der Waals surface area contributed by atoms with Crippen molar-refractivity contribution in [2.45, 2.75) is 19.8 Å². The van der Waals surface area contributed by atoms with Crippen molar-refractivity contribution in [3.63, 3.8) is 0 Å². The topological polar surface area (TPSA) is 66.5 Å². The van der Waals surface area contributed by atoms with E-state index in [1.807, 2.05) is 6.92 Å². The highest BCUT2D eigenvalue weighted by Crippen LogP contribution is 2.01. The zero-order valence-corrected chi connectivity index (χ0v) is 10.7. The highest BCUT2D eigenvalue weighted by Gasteiger charge is 2.16. The standard InChI is InChI=1S/C10H20N2O3S/c1-4-7-11-10(13)6-9-12(8-5-2)16(3,14)15/h4H,1,5-9H2,2-3H3,(H,11,13). The molecule has 1 amide bonds. The lowest BCUT2D eigenvalue weighted by Crippen LogP contribution is -2.35. The number of sulfonamides is 1. The van der Waals surface area contributed by atoms with Crippen LogP contribution >= 0.6 is 0 Å². The van der Waals surface area contributed by atoms with Crippen molar-refractivity contribution in [3.05, 3.63) is 12.7 Å². The third kappa shape index (κ3) is 6.58. The highest BCUT2D eigenvalue weighted by atomic mass is 32.2. The predicted octanol–water partition coefficient (Wildman–Crippen LogP) is 0.350. The van der Waals surface area contributed by atoms with Gasteiger partial charge in [0.1, 0.15) is 0 Å². The first-order valence-corrected chi connectivity index (χ1v) is 7.09. The maximum absolute atomic E-state index is 11.3. The molecule has 0 aromatic carbocycles. The van der Waals surface area contributed by atoms with Gasteiger partial charge in [-0.3, -0.25) is 4.79 Å². The van der Waals surface area contributed by atoms with Crippen LogP contribution in [0.2, 0.25) is 0 Å². The van der Waals surface area contributed by atoms with Gasteiger partial charge in [-0.1, -0.05) is 13.0 Å². The van der Waals surface area contributed by atoms with Gasteiger partial charge < -0.3 is 5.32 Å². The molecule has 0 aliphatic rings. The van der Waals surface area contributed by atoms with Gasteiger partial charge in [-0.25, -0.2) is 12.7 Å². The number of hydrogen-bond acceptors (Lipinski definition) is 3. The Hall–Kier alpha value is -0.880. The fraction of sp³-hybridized carbons (Fsp3) is 0.700. The van der Waals surface area contributed by atoms with Crippen LogP contribution in [0.4, 0.5) is 0 Å². The summed E-state index contributed by atoms with van der Waals surface area (Å²) in [7, 11) is -3.21. The molecule has 94 valence electrons. The quantitative estimate of drug-likeness (QED) is 0.630. The number of nitrogens with zero attached hydrogens (tertiary/aromatic N) is 1. The summed E-state index contributed by atoms with van der Waals surface area (Å²) in [6.07, 6.45) is 3.66. The summed E-state index contributed by atoms with van der Waals surface area (Å²) >= 11 is 0. The van der Waals surface area contributed by atoms with E-state index in [0.717, 1.165) is 12.7 Å². The minimum atomic E-state index is -3.21. The molecule has 0 heterocycles. The van der Waals surface area contributed by atoms with Gasteiger partial charge in [-0.2, -0.15) is 0 Å². The SMILES string of the molecule is C=CCNC(=O)CCN(CCC)S(C)(=O)=O. The van der Waals surface area contributed by atoms with Crippen molar-refractivity contribution >= 4 is 15.9 Å². The minimum Gasteiger partial charge on any atom is -0.353 e.